The van der Waals surface area contributed by atoms with E-state index in [0.717, 1.165) is 25.5 Å². The van der Waals surface area contributed by atoms with Gasteiger partial charge in [-0.05, 0) is 44.9 Å². The zero-order valence-electron chi connectivity index (χ0n) is 14.4. The first-order chi connectivity index (χ1) is 11.4. The van der Waals surface area contributed by atoms with Crippen LogP contribution in [0.15, 0.2) is 0 Å². The molecule has 0 aromatic heterocycles. The lowest BCUT2D eigenvalue weighted by molar-refractivity contribution is -0.155. The number of rotatable bonds is 9. The summed E-state index contributed by atoms with van der Waals surface area (Å²) in [5.41, 5.74) is 0. The normalized spacial score (nSPS) is 28.4. The molecule has 24 heavy (non-hydrogen) atoms. The average Bonchev–Trinajstić information content (AvgIpc) is 3.12. The first-order valence-corrected chi connectivity index (χ1v) is 8.71. The van der Waals surface area contributed by atoms with Crippen LogP contribution in [-0.2, 0) is 19.1 Å². The van der Waals surface area contributed by atoms with Crippen molar-refractivity contribution >= 4 is 17.9 Å². The number of Topliss-reactive ketones (excluding diaryl/α,β-unsaturated/α-hetero) is 1. The van der Waals surface area contributed by atoms with Crippen molar-refractivity contribution in [1.82, 2.24) is 5.32 Å². The van der Waals surface area contributed by atoms with E-state index in [1.165, 1.54) is 0 Å². The monoisotopic (exact) mass is 340 g/mol. The molecule has 0 radical (unpaired) electrons. The molecule has 1 heterocycles. The van der Waals surface area contributed by atoms with Gasteiger partial charge in [-0.3, -0.25) is 9.59 Å². The summed E-state index contributed by atoms with van der Waals surface area (Å²) in [5, 5.41) is 19.9. The molecule has 1 aliphatic heterocycles. The molecule has 0 bridgehead atoms. The summed E-state index contributed by atoms with van der Waals surface area (Å²) in [4.78, 5) is 23.9. The highest BCUT2D eigenvalue weighted by molar-refractivity contribution is 6.26. The SMILES string of the molecule is CC(C)OC(O)[C@H](CCC(=O)C=N)NC(=O)C1OCC2CCCC21. The van der Waals surface area contributed by atoms with Crippen molar-refractivity contribution in [3.8, 4) is 0 Å². The Morgan fingerprint density at radius 2 is 2.17 bits per heavy atom. The van der Waals surface area contributed by atoms with Crippen LogP contribution in [0.2, 0.25) is 0 Å². The van der Waals surface area contributed by atoms with Crippen molar-refractivity contribution in [3.63, 3.8) is 0 Å². The highest BCUT2D eigenvalue weighted by atomic mass is 16.6. The fourth-order valence-electron chi connectivity index (χ4n) is 3.59. The van der Waals surface area contributed by atoms with Crippen LogP contribution in [-0.4, -0.2) is 54.2 Å². The van der Waals surface area contributed by atoms with E-state index in [-0.39, 0.29) is 36.6 Å². The second-order valence-corrected chi connectivity index (χ2v) is 6.95. The van der Waals surface area contributed by atoms with Crippen LogP contribution < -0.4 is 5.32 Å². The van der Waals surface area contributed by atoms with E-state index in [1.807, 2.05) is 0 Å². The summed E-state index contributed by atoms with van der Waals surface area (Å²) in [6, 6.07) is -0.701. The second-order valence-electron chi connectivity index (χ2n) is 6.95. The number of ether oxygens (including phenoxy) is 2. The lowest BCUT2D eigenvalue weighted by atomic mass is 9.93. The minimum atomic E-state index is -1.20. The maximum atomic E-state index is 12.6. The molecule has 2 rings (SSSR count). The van der Waals surface area contributed by atoms with Crippen molar-refractivity contribution in [2.24, 2.45) is 11.8 Å². The maximum absolute atomic E-state index is 12.6. The molecular weight excluding hydrogens is 312 g/mol. The smallest absolute Gasteiger partial charge is 0.249 e. The van der Waals surface area contributed by atoms with Crippen molar-refractivity contribution < 1.29 is 24.2 Å². The van der Waals surface area contributed by atoms with Gasteiger partial charge in [0.2, 0.25) is 5.91 Å². The second kappa shape index (κ2) is 8.69. The van der Waals surface area contributed by atoms with Crippen LogP contribution >= 0.6 is 0 Å². The Hall–Kier alpha value is -1.31. The van der Waals surface area contributed by atoms with Gasteiger partial charge in [0.25, 0.3) is 0 Å². The van der Waals surface area contributed by atoms with E-state index < -0.39 is 18.4 Å². The number of amides is 1. The fourth-order valence-corrected chi connectivity index (χ4v) is 3.59. The number of carbonyl (C=O) groups excluding carboxylic acids is 2. The standard InChI is InChI=1S/C17H28N2O5/c1-10(2)24-17(22)14(7-6-12(20)8-18)19-16(21)15-13-5-3-4-11(13)9-23-15/h8,10-11,13-15,17-18,22H,3-7,9H2,1-2H3,(H,19,21)/t11?,13?,14-,15?,17?/m0/s1. The molecule has 1 amide bonds. The van der Waals surface area contributed by atoms with Crippen molar-refractivity contribution in [2.75, 3.05) is 6.61 Å². The van der Waals surface area contributed by atoms with E-state index in [1.54, 1.807) is 13.8 Å². The van der Waals surface area contributed by atoms with Crippen LogP contribution in [0.1, 0.15) is 46.0 Å². The molecule has 0 aromatic rings. The van der Waals surface area contributed by atoms with Crippen molar-refractivity contribution in [3.05, 3.63) is 0 Å². The first-order valence-electron chi connectivity index (χ1n) is 8.71. The molecule has 1 aliphatic carbocycles. The van der Waals surface area contributed by atoms with Gasteiger partial charge in [0.05, 0.1) is 25.0 Å². The van der Waals surface area contributed by atoms with Gasteiger partial charge in [-0.15, -0.1) is 0 Å². The van der Waals surface area contributed by atoms with Crippen LogP contribution in [0.4, 0.5) is 0 Å². The van der Waals surface area contributed by atoms with E-state index in [4.69, 9.17) is 14.9 Å². The lowest BCUT2D eigenvalue weighted by Gasteiger charge is -2.27. The van der Waals surface area contributed by atoms with Crippen LogP contribution in [0.25, 0.3) is 0 Å². The zero-order chi connectivity index (χ0) is 17.7. The van der Waals surface area contributed by atoms with Gasteiger partial charge < -0.3 is 25.3 Å². The quantitative estimate of drug-likeness (QED) is 0.429. The molecule has 7 heteroatoms. The summed E-state index contributed by atoms with van der Waals surface area (Å²) in [6.07, 6.45) is 2.36. The Morgan fingerprint density at radius 1 is 1.42 bits per heavy atom. The topological polar surface area (TPSA) is 109 Å². The van der Waals surface area contributed by atoms with E-state index in [2.05, 4.69) is 5.32 Å². The number of nitrogens with one attached hydrogen (secondary N) is 2. The minimum absolute atomic E-state index is 0.0739. The maximum Gasteiger partial charge on any atom is 0.249 e. The number of aliphatic hydroxyl groups is 1. The summed E-state index contributed by atoms with van der Waals surface area (Å²) >= 11 is 0. The first kappa shape index (κ1) is 19.0. The highest BCUT2D eigenvalue weighted by Gasteiger charge is 2.44. The van der Waals surface area contributed by atoms with Gasteiger partial charge in [0, 0.05) is 6.42 Å². The largest absolute Gasteiger partial charge is 0.368 e. The minimum Gasteiger partial charge on any atom is -0.368 e. The number of carbonyl (C=O) groups is 2. The third kappa shape index (κ3) is 4.84. The van der Waals surface area contributed by atoms with Crippen molar-refractivity contribution in [2.45, 2.75) is 70.5 Å². The van der Waals surface area contributed by atoms with Crippen LogP contribution in [0.5, 0.6) is 0 Å². The number of aliphatic hydroxyl groups excluding tert-OH is 1. The molecule has 4 unspecified atom stereocenters. The molecule has 0 aromatic carbocycles. The number of ketones is 1. The zero-order valence-corrected chi connectivity index (χ0v) is 14.4. The number of hydrogen-bond donors (Lipinski definition) is 3. The molecule has 1 saturated carbocycles. The molecule has 2 aliphatic rings. The molecular formula is C17H28N2O5. The molecule has 2 fully saturated rings. The van der Waals surface area contributed by atoms with Gasteiger partial charge in [-0.25, -0.2) is 0 Å². The Balaban J connectivity index is 1.96. The summed E-state index contributed by atoms with van der Waals surface area (Å²) < 4.78 is 11.0. The predicted molar refractivity (Wildman–Crippen MR) is 87.8 cm³/mol. The Bertz CT molecular complexity index is 468. The fraction of sp³-hybridized carbons (Fsp3) is 0.824. The van der Waals surface area contributed by atoms with Gasteiger partial charge in [0.15, 0.2) is 12.1 Å². The summed E-state index contributed by atoms with van der Waals surface area (Å²) in [6.45, 7) is 4.19. The molecule has 7 nitrogen and oxygen atoms in total. The third-order valence-electron chi connectivity index (χ3n) is 4.80. The lowest BCUT2D eigenvalue weighted by Crippen LogP contribution is -2.50. The van der Waals surface area contributed by atoms with E-state index >= 15 is 0 Å². The van der Waals surface area contributed by atoms with Gasteiger partial charge in [-0.2, -0.15) is 0 Å². The third-order valence-corrected chi connectivity index (χ3v) is 4.80. The molecule has 5 atom stereocenters. The molecule has 3 N–H and O–H groups in total. The Kier molecular flexibility index (Phi) is 6.89. The summed E-state index contributed by atoms with van der Waals surface area (Å²) in [5.74, 6) is 0.106. The van der Waals surface area contributed by atoms with Gasteiger partial charge in [0.1, 0.15) is 6.10 Å². The Morgan fingerprint density at radius 3 is 2.83 bits per heavy atom. The predicted octanol–water partition coefficient (Wildman–Crippen LogP) is 1.03. The van der Waals surface area contributed by atoms with Crippen LogP contribution in [0.3, 0.4) is 0 Å². The van der Waals surface area contributed by atoms with E-state index in [9.17, 15) is 14.7 Å². The highest BCUT2D eigenvalue weighted by Crippen LogP contribution is 2.40. The van der Waals surface area contributed by atoms with Gasteiger partial charge in [-0.1, -0.05) is 6.42 Å². The molecule has 136 valence electrons. The molecule has 0 spiro atoms. The number of hydrogen-bond acceptors (Lipinski definition) is 6. The summed E-state index contributed by atoms with van der Waals surface area (Å²) in [7, 11) is 0. The average molecular weight is 340 g/mol. The number of fused-ring (bicyclic) bond motifs is 1. The molecule has 1 saturated heterocycles. The van der Waals surface area contributed by atoms with Gasteiger partial charge >= 0.3 is 0 Å². The van der Waals surface area contributed by atoms with Crippen LogP contribution in [0, 0.1) is 17.2 Å². The van der Waals surface area contributed by atoms with E-state index in [0.29, 0.717) is 12.5 Å². The van der Waals surface area contributed by atoms with Crippen molar-refractivity contribution in [1.29, 1.82) is 5.41 Å². The Labute approximate surface area is 142 Å².